The maximum absolute atomic E-state index is 13.7. The molecule has 0 spiro atoms. The molecule has 0 amide bonds. The number of hydrogen-bond donors (Lipinski definition) is 2. The monoisotopic (exact) mass is 547 g/mol. The first-order valence-corrected chi connectivity index (χ1v) is 14.3. The number of anilines is 1. The van der Waals surface area contributed by atoms with Crippen LogP contribution in [0.1, 0.15) is 44.4 Å². The minimum atomic E-state index is -0.303. The summed E-state index contributed by atoms with van der Waals surface area (Å²) in [4.78, 5) is 16.6. The van der Waals surface area contributed by atoms with E-state index < -0.39 is 0 Å². The molecule has 0 unspecified atom stereocenters. The van der Waals surface area contributed by atoms with E-state index in [9.17, 15) is 9.90 Å². The average molecular weight is 548 g/mol. The molecule has 0 aromatic heterocycles. The predicted molar refractivity (Wildman–Crippen MR) is 166 cm³/mol. The lowest BCUT2D eigenvalue weighted by Crippen LogP contribution is -2.32. The van der Waals surface area contributed by atoms with Crippen LogP contribution in [0.2, 0.25) is 0 Å². The highest BCUT2D eigenvalue weighted by Crippen LogP contribution is 2.49. The van der Waals surface area contributed by atoms with Gasteiger partial charge in [0.1, 0.15) is 0 Å². The summed E-state index contributed by atoms with van der Waals surface area (Å²) in [5.41, 5.74) is 8.70. The fourth-order valence-electron chi connectivity index (χ4n) is 6.46. The standard InChI is InChI=1S/C35H34N2O2S/c1-34(2)26-14-8-10-16-28(26)36(18-19-38)30(34)20-24-32(39)25(33(24)40)21-31-35(3,4)27-15-9-11-17-29(27)37(31)22-23-12-6-5-7-13-23/h5-17,20-21,38H,18-19,22H2,1-4H3/p+1. The first-order chi connectivity index (χ1) is 19.2. The highest BCUT2D eigenvalue weighted by molar-refractivity contribution is 7.85. The maximum atomic E-state index is 13.7. The van der Waals surface area contributed by atoms with Crippen LogP contribution in [0.5, 0.6) is 0 Å². The quantitative estimate of drug-likeness (QED) is 0.207. The van der Waals surface area contributed by atoms with E-state index in [4.69, 9.17) is 12.6 Å². The minimum Gasteiger partial charge on any atom is -0.395 e. The second-order valence-corrected chi connectivity index (χ2v) is 12.2. The molecule has 0 radical (unpaired) electrons. The van der Waals surface area contributed by atoms with E-state index >= 15 is 0 Å². The zero-order chi connectivity index (χ0) is 28.2. The predicted octanol–water partition coefficient (Wildman–Crippen LogP) is 6.63. The summed E-state index contributed by atoms with van der Waals surface area (Å²) in [6, 6.07) is 27.2. The normalized spacial score (nSPS) is 20.9. The van der Waals surface area contributed by atoms with Crippen molar-refractivity contribution in [3.05, 3.63) is 129 Å². The number of ketones is 1. The van der Waals surface area contributed by atoms with Crippen LogP contribution >= 0.6 is 12.6 Å². The Kier molecular flexibility index (Phi) is 6.47. The van der Waals surface area contributed by atoms with Gasteiger partial charge in [-0.3, -0.25) is 4.79 Å². The van der Waals surface area contributed by atoms with Crippen molar-refractivity contribution in [2.24, 2.45) is 0 Å². The summed E-state index contributed by atoms with van der Waals surface area (Å²) in [6.45, 7) is 10.0. The number of fused-ring (bicyclic) bond motifs is 2. The number of benzene rings is 3. The van der Waals surface area contributed by atoms with Crippen LogP contribution in [0.15, 0.2) is 113 Å². The zero-order valence-corrected chi connectivity index (χ0v) is 24.4. The maximum Gasteiger partial charge on any atom is 0.210 e. The van der Waals surface area contributed by atoms with Crippen molar-refractivity contribution >= 4 is 35.5 Å². The lowest BCUT2D eigenvalue weighted by Gasteiger charge is -2.29. The van der Waals surface area contributed by atoms with Gasteiger partial charge in [0, 0.05) is 62.7 Å². The molecule has 0 fully saturated rings. The fourth-order valence-corrected chi connectivity index (χ4v) is 6.80. The Labute approximate surface area is 242 Å². The van der Waals surface area contributed by atoms with E-state index in [1.165, 1.54) is 22.4 Å². The third-order valence-electron chi connectivity index (χ3n) is 8.67. The average Bonchev–Trinajstić information content (AvgIpc) is 3.30. The van der Waals surface area contributed by atoms with Gasteiger partial charge in [-0.1, -0.05) is 80.6 Å². The summed E-state index contributed by atoms with van der Waals surface area (Å²) < 4.78 is 2.34. The molecule has 0 atom stereocenters. The van der Waals surface area contributed by atoms with Crippen molar-refractivity contribution in [1.82, 2.24) is 0 Å². The number of nitrogens with zero attached hydrogens (tertiary/aromatic N) is 2. The molecular weight excluding hydrogens is 512 g/mol. The van der Waals surface area contributed by atoms with Gasteiger partial charge in [0.2, 0.25) is 5.69 Å². The molecule has 202 valence electrons. The number of allylic oxidation sites excluding steroid dienone is 5. The van der Waals surface area contributed by atoms with Crippen molar-refractivity contribution in [2.75, 3.05) is 18.1 Å². The Hall–Kier alpha value is -3.67. The Morgan fingerprint density at radius 2 is 1.50 bits per heavy atom. The highest BCUT2D eigenvalue weighted by Gasteiger charge is 2.46. The van der Waals surface area contributed by atoms with Gasteiger partial charge >= 0.3 is 0 Å². The Morgan fingerprint density at radius 1 is 0.850 bits per heavy atom. The number of Topliss-reactive ketones (excluding diaryl/α,β-unsaturated/α-hetero) is 1. The summed E-state index contributed by atoms with van der Waals surface area (Å²) >= 11 is 4.87. The summed E-state index contributed by atoms with van der Waals surface area (Å²) in [7, 11) is 0. The number of β-amino-alcohol motifs (C(OH)–C–C–N with tert-alkyl or cyclic N) is 1. The van der Waals surface area contributed by atoms with Crippen molar-refractivity contribution in [1.29, 1.82) is 0 Å². The number of carbonyl (C=O) groups excluding carboxylic acids is 1. The van der Waals surface area contributed by atoms with Gasteiger partial charge in [0.05, 0.1) is 12.0 Å². The van der Waals surface area contributed by atoms with E-state index in [2.05, 4.69) is 104 Å². The van der Waals surface area contributed by atoms with Gasteiger partial charge in [0.15, 0.2) is 18.0 Å². The first-order valence-electron chi connectivity index (χ1n) is 13.8. The van der Waals surface area contributed by atoms with Crippen LogP contribution in [0.25, 0.3) is 0 Å². The third-order valence-corrected chi connectivity index (χ3v) is 9.15. The number of hydrogen-bond acceptors (Lipinski definition) is 4. The van der Waals surface area contributed by atoms with Gasteiger partial charge in [0.25, 0.3) is 0 Å². The van der Waals surface area contributed by atoms with Gasteiger partial charge in [-0.15, -0.1) is 12.6 Å². The van der Waals surface area contributed by atoms with E-state index in [0.29, 0.717) is 22.6 Å². The number of para-hydroxylation sites is 2. The van der Waals surface area contributed by atoms with E-state index in [1.807, 2.05) is 24.3 Å². The highest BCUT2D eigenvalue weighted by atomic mass is 32.1. The molecule has 0 bridgehead atoms. The summed E-state index contributed by atoms with van der Waals surface area (Å²) in [5, 5.41) is 9.83. The largest absolute Gasteiger partial charge is 0.395 e. The molecule has 6 rings (SSSR count). The van der Waals surface area contributed by atoms with E-state index in [0.717, 1.165) is 23.6 Å². The molecule has 2 heterocycles. The lowest BCUT2D eigenvalue weighted by molar-refractivity contribution is -0.455. The second-order valence-electron chi connectivity index (χ2n) is 11.8. The van der Waals surface area contributed by atoms with Gasteiger partial charge in [-0.25, -0.2) is 0 Å². The van der Waals surface area contributed by atoms with Gasteiger partial charge < -0.3 is 10.0 Å². The molecule has 2 aliphatic heterocycles. The molecule has 0 saturated carbocycles. The molecule has 5 heteroatoms. The molecule has 1 aliphatic carbocycles. The summed E-state index contributed by atoms with van der Waals surface area (Å²) in [5.74, 6) is 0.00659. The van der Waals surface area contributed by atoms with Crippen molar-refractivity contribution in [2.45, 2.75) is 45.1 Å². The van der Waals surface area contributed by atoms with E-state index in [-0.39, 0.29) is 23.2 Å². The van der Waals surface area contributed by atoms with E-state index in [1.54, 1.807) is 0 Å². The van der Waals surface area contributed by atoms with Crippen LogP contribution in [-0.2, 0) is 22.2 Å². The minimum absolute atomic E-state index is 0.00659. The van der Waals surface area contributed by atoms with Crippen LogP contribution < -0.4 is 4.90 Å². The third kappa shape index (κ3) is 4.03. The second kappa shape index (κ2) is 9.76. The van der Waals surface area contributed by atoms with Crippen LogP contribution in [-0.4, -0.2) is 34.3 Å². The van der Waals surface area contributed by atoms with Crippen molar-refractivity contribution in [3.63, 3.8) is 0 Å². The molecule has 3 aromatic rings. The zero-order valence-electron chi connectivity index (χ0n) is 23.5. The lowest BCUT2D eigenvalue weighted by atomic mass is 9.78. The molecule has 3 aromatic carbocycles. The van der Waals surface area contributed by atoms with Crippen LogP contribution in [0.3, 0.4) is 0 Å². The SMILES string of the molecule is CC1(C)C(/C=C2/C(=O)C(/C=C3\N(CCO)c4ccccc4C3(C)C)=C2S)=[N+](Cc2ccccc2)c2ccccc21. The van der Waals surface area contributed by atoms with Crippen LogP contribution in [0, 0.1) is 0 Å². The molecule has 1 N–H and O–H groups in total. The molecule has 4 nitrogen and oxygen atoms in total. The smallest absolute Gasteiger partial charge is 0.210 e. The first kappa shape index (κ1) is 26.5. The summed E-state index contributed by atoms with van der Waals surface area (Å²) in [6.07, 6.45) is 4.04. The van der Waals surface area contributed by atoms with Gasteiger partial charge in [-0.05, 0) is 31.6 Å². The van der Waals surface area contributed by atoms with Crippen molar-refractivity contribution in [3.8, 4) is 0 Å². The molecular formula is C35H35N2O2S+. The Balaban J connectivity index is 1.44. The molecule has 40 heavy (non-hydrogen) atoms. The number of aliphatic hydroxyl groups excluding tert-OH is 1. The molecule has 0 saturated heterocycles. The molecule has 3 aliphatic rings. The number of thiol groups is 1. The fraction of sp³-hybridized carbons (Fsp3) is 0.257. The number of carbonyl (C=O) groups is 1. The Bertz CT molecular complexity index is 1660. The Morgan fingerprint density at radius 3 is 2.20 bits per heavy atom. The van der Waals surface area contributed by atoms with Crippen LogP contribution in [0.4, 0.5) is 11.4 Å². The number of aliphatic hydroxyl groups is 1. The topological polar surface area (TPSA) is 43.6 Å². The number of rotatable bonds is 6. The van der Waals surface area contributed by atoms with Gasteiger partial charge in [-0.2, -0.15) is 4.58 Å². The van der Waals surface area contributed by atoms with Crippen molar-refractivity contribution < 1.29 is 14.5 Å².